The van der Waals surface area contributed by atoms with Crippen LogP contribution in [0.25, 0.3) is 0 Å². The Bertz CT molecular complexity index is 1740. The molecule has 0 N–H and O–H groups in total. The summed E-state index contributed by atoms with van der Waals surface area (Å²) in [5.74, 6) is -2.25. The van der Waals surface area contributed by atoms with Crippen LogP contribution in [0.5, 0.6) is 5.75 Å². The molecule has 0 bridgehead atoms. The van der Waals surface area contributed by atoms with Gasteiger partial charge in [0, 0.05) is 44.7 Å². The van der Waals surface area contributed by atoms with Gasteiger partial charge >= 0.3 is 18.0 Å². The standard InChI is InChI=1S/C48H76N2O13Si/c1-14-41(58-47(53)49(12)13)35(9)45-42(57-45)30-32(6)20-19-21-33(7)44-34(8)22-27-40(46(52)62-61-38-25-23-37(24-26-38)50(54)55)48(11,60-36(10)56-15-2)29-28-39(31-43(51)59-44)63-64(16-3,17-4)18-5/h19-27,32,34-36,39-42,44-45H,14-18,28-31H2,1-13H3. The summed E-state index contributed by atoms with van der Waals surface area (Å²) >= 11 is 0. The Hall–Kier alpha value is -4.09. The number of cyclic esters (lactones) is 1. The third-order valence-corrected chi connectivity index (χ3v) is 17.4. The van der Waals surface area contributed by atoms with Gasteiger partial charge in [-0.15, -0.1) is 0 Å². The smallest absolute Gasteiger partial charge is 0.409 e. The first-order valence-electron chi connectivity index (χ1n) is 23.1. The number of non-ortho nitro benzene ring substituents is 1. The molecule has 2 aliphatic rings. The van der Waals surface area contributed by atoms with Gasteiger partial charge in [-0.25, -0.2) is 14.5 Å². The molecule has 1 aromatic rings. The molecule has 0 spiro atoms. The summed E-state index contributed by atoms with van der Waals surface area (Å²) in [4.78, 5) is 63.4. The van der Waals surface area contributed by atoms with Crippen LogP contribution in [0.1, 0.15) is 108 Å². The molecular formula is C48H76N2O13Si. The molecule has 16 heteroatoms. The Morgan fingerprint density at radius 1 is 1.05 bits per heavy atom. The second kappa shape index (κ2) is 25.6. The predicted molar refractivity (Wildman–Crippen MR) is 247 cm³/mol. The van der Waals surface area contributed by atoms with Crippen LogP contribution in [0.15, 0.2) is 60.2 Å². The van der Waals surface area contributed by atoms with Gasteiger partial charge in [-0.3, -0.25) is 19.8 Å². The SMILES string of the molecule is CCOC(C)OC1(C)CCC(O[Si](CC)(CC)CC)CC(=O)OC(C(C)=CC=CC(C)CC2OC2C(C)C(CC)OC(=O)N(C)C)C(C)C=CC1C(=O)OOc1ccc([N+](=O)[O-])cc1. The number of esters is 1. The highest BCUT2D eigenvalue weighted by molar-refractivity contribution is 6.73. The molecule has 2 heterocycles. The molecule has 1 saturated heterocycles. The summed E-state index contributed by atoms with van der Waals surface area (Å²) in [6, 6.07) is 7.84. The lowest BCUT2D eigenvalue weighted by Gasteiger charge is -2.39. The van der Waals surface area contributed by atoms with Crippen molar-refractivity contribution in [1.29, 1.82) is 0 Å². The zero-order chi connectivity index (χ0) is 47.8. The summed E-state index contributed by atoms with van der Waals surface area (Å²) in [7, 11) is 1.11. The van der Waals surface area contributed by atoms with E-state index in [2.05, 4.69) is 40.7 Å². The summed E-state index contributed by atoms with van der Waals surface area (Å²) in [6.45, 7) is 22.3. The van der Waals surface area contributed by atoms with E-state index in [-0.39, 0.29) is 60.1 Å². The number of epoxide rings is 1. The number of benzene rings is 1. The fraction of sp³-hybridized carbons (Fsp3) is 0.688. The van der Waals surface area contributed by atoms with E-state index in [1.54, 1.807) is 27.1 Å². The number of allylic oxidation sites excluding steroid dienone is 3. The molecule has 0 radical (unpaired) electrons. The van der Waals surface area contributed by atoms with E-state index in [0.717, 1.165) is 30.1 Å². The van der Waals surface area contributed by atoms with Gasteiger partial charge in [-0.05, 0) is 95.1 Å². The topological polar surface area (TPSA) is 175 Å². The average Bonchev–Trinajstić information content (AvgIpc) is 4.02. The maximum atomic E-state index is 14.2. The lowest BCUT2D eigenvalue weighted by atomic mass is 9.82. The van der Waals surface area contributed by atoms with Crippen LogP contribution >= 0.6 is 0 Å². The fourth-order valence-electron chi connectivity index (χ4n) is 8.37. The molecule has 0 aliphatic carbocycles. The zero-order valence-corrected chi connectivity index (χ0v) is 41.5. The Morgan fingerprint density at radius 2 is 1.70 bits per heavy atom. The minimum absolute atomic E-state index is 0.00791. The molecular weight excluding hydrogens is 841 g/mol. The number of hydrogen-bond donors (Lipinski definition) is 0. The molecule has 0 aromatic heterocycles. The van der Waals surface area contributed by atoms with Crippen molar-refractivity contribution in [2.75, 3.05) is 20.7 Å². The number of ether oxygens (including phenoxy) is 5. The Kier molecular flexibility index (Phi) is 21.7. The van der Waals surface area contributed by atoms with Crippen molar-refractivity contribution in [2.24, 2.45) is 23.7 Å². The van der Waals surface area contributed by atoms with Gasteiger partial charge in [-0.1, -0.05) is 78.8 Å². The highest BCUT2D eigenvalue weighted by atomic mass is 28.4. The number of nitrogens with zero attached hydrogens (tertiary/aromatic N) is 2. The Morgan fingerprint density at radius 3 is 2.28 bits per heavy atom. The third kappa shape index (κ3) is 16.1. The van der Waals surface area contributed by atoms with Crippen molar-refractivity contribution >= 4 is 32.0 Å². The minimum Gasteiger partial charge on any atom is -0.457 e. The van der Waals surface area contributed by atoms with Crippen LogP contribution in [-0.2, 0) is 42.6 Å². The molecule has 11 atom stereocenters. The van der Waals surface area contributed by atoms with Gasteiger partial charge < -0.3 is 33.0 Å². The number of carbonyl (C=O) groups excluding carboxylic acids is 3. The van der Waals surface area contributed by atoms with E-state index in [4.69, 9.17) is 37.9 Å². The number of hydrogen-bond acceptors (Lipinski definition) is 13. The van der Waals surface area contributed by atoms with Crippen molar-refractivity contribution in [1.82, 2.24) is 4.90 Å². The summed E-state index contributed by atoms with van der Waals surface area (Å²) in [6.07, 6.45) is 9.31. The molecule has 0 saturated carbocycles. The van der Waals surface area contributed by atoms with E-state index >= 15 is 0 Å². The van der Waals surface area contributed by atoms with Crippen LogP contribution in [-0.4, -0.2) is 99.3 Å². The second-order valence-electron chi connectivity index (χ2n) is 17.8. The van der Waals surface area contributed by atoms with Gasteiger partial charge in [0.2, 0.25) is 0 Å². The van der Waals surface area contributed by atoms with Gasteiger partial charge in [-0.2, -0.15) is 0 Å². The number of carbonyl (C=O) groups is 3. The van der Waals surface area contributed by atoms with Crippen LogP contribution in [0.3, 0.4) is 0 Å². The minimum atomic E-state index is -2.23. The number of amides is 1. The molecule has 1 fully saturated rings. The Balaban J connectivity index is 1.95. The first-order valence-corrected chi connectivity index (χ1v) is 25.6. The molecule has 3 rings (SSSR count). The van der Waals surface area contributed by atoms with Gasteiger partial charge in [0.1, 0.15) is 18.1 Å². The second-order valence-corrected chi connectivity index (χ2v) is 22.5. The van der Waals surface area contributed by atoms with E-state index in [1.165, 1.54) is 29.2 Å². The van der Waals surface area contributed by atoms with Crippen molar-refractivity contribution in [3.05, 3.63) is 70.3 Å². The van der Waals surface area contributed by atoms with Gasteiger partial charge in [0.05, 0.1) is 35.3 Å². The van der Waals surface area contributed by atoms with Crippen molar-refractivity contribution in [3.63, 3.8) is 0 Å². The highest BCUT2D eigenvalue weighted by Gasteiger charge is 2.47. The molecule has 1 amide bonds. The molecule has 1 aromatic carbocycles. The van der Waals surface area contributed by atoms with Gasteiger partial charge in [0.15, 0.2) is 20.4 Å². The fourth-order valence-corrected chi connectivity index (χ4v) is 11.3. The Labute approximate surface area is 382 Å². The normalized spacial score (nSPS) is 26.4. The van der Waals surface area contributed by atoms with Crippen molar-refractivity contribution in [2.45, 2.75) is 169 Å². The maximum absolute atomic E-state index is 14.2. The van der Waals surface area contributed by atoms with E-state index in [1.807, 2.05) is 52.8 Å². The van der Waals surface area contributed by atoms with E-state index in [9.17, 15) is 24.5 Å². The monoisotopic (exact) mass is 917 g/mol. The van der Waals surface area contributed by atoms with E-state index in [0.29, 0.717) is 25.9 Å². The van der Waals surface area contributed by atoms with E-state index < -0.39 is 55.1 Å². The van der Waals surface area contributed by atoms with Crippen molar-refractivity contribution < 1.29 is 57.2 Å². The van der Waals surface area contributed by atoms with Crippen LogP contribution in [0, 0.1) is 33.8 Å². The molecule has 2 aliphatic heterocycles. The highest BCUT2D eigenvalue weighted by Crippen LogP contribution is 2.39. The molecule has 11 unspecified atom stereocenters. The summed E-state index contributed by atoms with van der Waals surface area (Å²) in [5.41, 5.74) is -0.562. The lowest BCUT2D eigenvalue weighted by molar-refractivity contribution is -0.384. The zero-order valence-electron chi connectivity index (χ0n) is 40.5. The lowest BCUT2D eigenvalue weighted by Crippen LogP contribution is -2.47. The number of rotatable bonds is 22. The predicted octanol–water partition coefficient (Wildman–Crippen LogP) is 10.3. The maximum Gasteiger partial charge on any atom is 0.409 e. The first kappa shape index (κ1) is 54.2. The van der Waals surface area contributed by atoms with Crippen LogP contribution in [0.2, 0.25) is 18.1 Å². The van der Waals surface area contributed by atoms with Crippen LogP contribution in [0.4, 0.5) is 10.5 Å². The average molecular weight is 917 g/mol. The number of nitro benzene ring substituents is 1. The molecule has 64 heavy (non-hydrogen) atoms. The molecule has 15 nitrogen and oxygen atoms in total. The number of nitro groups is 1. The van der Waals surface area contributed by atoms with Crippen molar-refractivity contribution in [3.8, 4) is 5.75 Å². The first-order chi connectivity index (χ1) is 30.2. The third-order valence-electron chi connectivity index (χ3n) is 12.7. The summed E-state index contributed by atoms with van der Waals surface area (Å²) in [5, 5.41) is 11.2. The van der Waals surface area contributed by atoms with Crippen LogP contribution < -0.4 is 4.89 Å². The quantitative estimate of drug-likeness (QED) is 0.0124. The van der Waals surface area contributed by atoms with Gasteiger partial charge in [0.25, 0.3) is 5.69 Å². The largest absolute Gasteiger partial charge is 0.457 e. The summed E-state index contributed by atoms with van der Waals surface area (Å²) < 4.78 is 37.5. The molecule has 360 valence electrons.